The number of ether oxygens (including phenoxy) is 3. The van der Waals surface area contributed by atoms with Gasteiger partial charge in [-0.1, -0.05) is 24.3 Å². The van der Waals surface area contributed by atoms with Crippen molar-refractivity contribution in [2.24, 2.45) is 0 Å². The molecule has 0 aliphatic rings. The molecule has 0 aliphatic carbocycles. The van der Waals surface area contributed by atoms with Gasteiger partial charge in [0, 0.05) is 23.6 Å². The number of carboxylic acids is 1. The van der Waals surface area contributed by atoms with E-state index in [1.54, 1.807) is 18.4 Å². The van der Waals surface area contributed by atoms with Crippen LogP contribution in [0.3, 0.4) is 0 Å². The minimum atomic E-state index is -0.793. The zero-order valence-corrected chi connectivity index (χ0v) is 15.3. The van der Waals surface area contributed by atoms with E-state index in [4.69, 9.17) is 19.3 Å². The highest BCUT2D eigenvalue weighted by Gasteiger charge is 2.14. The molecule has 26 heavy (non-hydrogen) atoms. The number of aryl methyl sites for hydroxylation is 1. The first-order valence-corrected chi connectivity index (χ1v) is 9.04. The second kappa shape index (κ2) is 8.69. The maximum atomic E-state index is 10.6. The van der Waals surface area contributed by atoms with Crippen LogP contribution < -0.4 is 9.47 Å². The Labute approximate surface area is 155 Å². The van der Waals surface area contributed by atoms with Gasteiger partial charge in [-0.15, -0.1) is 11.3 Å². The third-order valence-corrected chi connectivity index (χ3v) is 4.99. The predicted molar refractivity (Wildman–Crippen MR) is 101 cm³/mol. The van der Waals surface area contributed by atoms with Crippen LogP contribution in [0.25, 0.3) is 10.1 Å². The molecule has 0 radical (unpaired) electrons. The number of aliphatic carboxylic acids is 1. The van der Waals surface area contributed by atoms with Crippen molar-refractivity contribution in [2.75, 3.05) is 13.9 Å². The molecule has 3 aromatic rings. The van der Waals surface area contributed by atoms with Crippen molar-refractivity contribution in [3.8, 4) is 11.5 Å². The van der Waals surface area contributed by atoms with E-state index < -0.39 is 5.97 Å². The van der Waals surface area contributed by atoms with Crippen LogP contribution in [0, 0.1) is 0 Å². The molecule has 3 rings (SSSR count). The molecule has 0 unspecified atom stereocenters. The van der Waals surface area contributed by atoms with Crippen molar-refractivity contribution in [1.82, 2.24) is 0 Å². The van der Waals surface area contributed by atoms with Gasteiger partial charge in [0.1, 0.15) is 18.1 Å². The summed E-state index contributed by atoms with van der Waals surface area (Å²) < 4.78 is 17.8. The molecule has 0 fully saturated rings. The fourth-order valence-corrected chi connectivity index (χ4v) is 3.66. The molecular weight excluding hydrogens is 352 g/mol. The number of methoxy groups -OCH3 is 1. The zero-order valence-electron chi connectivity index (χ0n) is 14.4. The van der Waals surface area contributed by atoms with Crippen molar-refractivity contribution < 1.29 is 24.1 Å². The molecule has 5 nitrogen and oxygen atoms in total. The van der Waals surface area contributed by atoms with Crippen LogP contribution in [-0.2, 0) is 22.6 Å². The van der Waals surface area contributed by atoms with E-state index >= 15 is 0 Å². The minimum Gasteiger partial charge on any atom is -0.488 e. The summed E-state index contributed by atoms with van der Waals surface area (Å²) >= 11 is 1.64. The van der Waals surface area contributed by atoms with E-state index in [9.17, 15) is 4.79 Å². The predicted octanol–water partition coefficient (Wildman–Crippen LogP) is 4.48. The van der Waals surface area contributed by atoms with Gasteiger partial charge in [-0.05, 0) is 36.2 Å². The second-order valence-corrected chi connectivity index (χ2v) is 6.86. The number of hydrogen-bond acceptors (Lipinski definition) is 5. The Balaban J connectivity index is 1.70. The average Bonchev–Trinajstić information content (AvgIpc) is 3.01. The lowest BCUT2D eigenvalue weighted by Crippen LogP contribution is -2.02. The molecule has 2 aromatic carbocycles. The first-order valence-electron chi connectivity index (χ1n) is 8.23. The second-order valence-electron chi connectivity index (χ2n) is 5.73. The van der Waals surface area contributed by atoms with Crippen LogP contribution >= 0.6 is 11.3 Å². The number of hydrogen-bond donors (Lipinski definition) is 1. The van der Waals surface area contributed by atoms with Crippen molar-refractivity contribution in [2.45, 2.75) is 19.4 Å². The standard InChI is InChI=1S/C20H20O5S/c1-23-13-25-20-16-4-2-3-5-17(16)26-18(20)12-24-15-9-6-14(7-10-15)8-11-19(21)22/h2-7,9-10H,8,11-13H2,1H3,(H,21,22). The van der Waals surface area contributed by atoms with Gasteiger partial charge in [-0.25, -0.2) is 0 Å². The number of thiophene rings is 1. The van der Waals surface area contributed by atoms with Gasteiger partial charge in [-0.3, -0.25) is 4.79 Å². The Bertz CT molecular complexity index is 870. The fourth-order valence-electron chi connectivity index (χ4n) is 2.60. The SMILES string of the molecule is COCOc1c(COc2ccc(CCC(=O)O)cc2)sc2ccccc12. The summed E-state index contributed by atoms with van der Waals surface area (Å²) in [6.07, 6.45) is 0.642. The fraction of sp³-hybridized carbons (Fsp3) is 0.250. The number of carbonyl (C=O) groups is 1. The quantitative estimate of drug-likeness (QED) is 0.561. The first-order chi connectivity index (χ1) is 12.7. The summed E-state index contributed by atoms with van der Waals surface area (Å²) in [5.74, 6) is 0.739. The summed E-state index contributed by atoms with van der Waals surface area (Å²) in [6, 6.07) is 15.6. The summed E-state index contributed by atoms with van der Waals surface area (Å²) in [5.41, 5.74) is 0.978. The van der Waals surface area contributed by atoms with Crippen molar-refractivity contribution >= 4 is 27.4 Å². The summed E-state index contributed by atoms with van der Waals surface area (Å²) in [7, 11) is 1.59. The van der Waals surface area contributed by atoms with Gasteiger partial charge >= 0.3 is 5.97 Å². The normalized spacial score (nSPS) is 10.8. The number of carboxylic acid groups (broad SMARTS) is 1. The first kappa shape index (κ1) is 18.2. The molecule has 0 atom stereocenters. The Morgan fingerprint density at radius 1 is 1.08 bits per heavy atom. The van der Waals surface area contributed by atoms with E-state index in [2.05, 4.69) is 6.07 Å². The Kier molecular flexibility index (Phi) is 6.09. The van der Waals surface area contributed by atoms with Crippen LogP contribution in [0.4, 0.5) is 0 Å². The Morgan fingerprint density at radius 3 is 2.58 bits per heavy atom. The summed E-state index contributed by atoms with van der Waals surface area (Å²) in [6.45, 7) is 0.582. The lowest BCUT2D eigenvalue weighted by Gasteiger charge is -2.09. The molecule has 1 N–H and O–H groups in total. The van der Waals surface area contributed by atoms with Gasteiger partial charge in [0.05, 0.1) is 4.88 Å². The maximum Gasteiger partial charge on any atom is 0.303 e. The van der Waals surface area contributed by atoms with E-state index in [0.29, 0.717) is 13.0 Å². The Morgan fingerprint density at radius 2 is 1.85 bits per heavy atom. The third kappa shape index (κ3) is 4.53. The molecule has 0 bridgehead atoms. The summed E-state index contributed by atoms with van der Waals surface area (Å²) in [5, 5.41) is 9.80. The van der Waals surface area contributed by atoms with Gasteiger partial charge in [0.2, 0.25) is 0 Å². The maximum absolute atomic E-state index is 10.6. The van der Waals surface area contributed by atoms with Crippen LogP contribution in [0.1, 0.15) is 16.9 Å². The molecular formula is C20H20O5S. The molecule has 0 saturated carbocycles. The van der Waals surface area contributed by atoms with Crippen LogP contribution in [0.2, 0.25) is 0 Å². The van der Waals surface area contributed by atoms with Crippen molar-refractivity contribution in [3.63, 3.8) is 0 Å². The molecule has 0 spiro atoms. The third-order valence-electron chi connectivity index (χ3n) is 3.86. The topological polar surface area (TPSA) is 65.0 Å². The van der Waals surface area contributed by atoms with Gasteiger partial charge in [0.15, 0.2) is 6.79 Å². The van der Waals surface area contributed by atoms with Gasteiger partial charge < -0.3 is 19.3 Å². The van der Waals surface area contributed by atoms with E-state index in [1.807, 2.05) is 42.5 Å². The number of fused-ring (bicyclic) bond motifs is 1. The van der Waals surface area contributed by atoms with Crippen LogP contribution in [-0.4, -0.2) is 25.0 Å². The molecule has 1 aromatic heterocycles. The number of benzene rings is 2. The monoisotopic (exact) mass is 372 g/mol. The highest BCUT2D eigenvalue weighted by molar-refractivity contribution is 7.19. The highest BCUT2D eigenvalue weighted by Crippen LogP contribution is 2.38. The largest absolute Gasteiger partial charge is 0.488 e. The highest BCUT2D eigenvalue weighted by atomic mass is 32.1. The molecule has 136 valence electrons. The van der Waals surface area contributed by atoms with E-state index in [-0.39, 0.29) is 13.2 Å². The number of rotatable bonds is 9. The van der Waals surface area contributed by atoms with Crippen molar-refractivity contribution in [1.29, 1.82) is 0 Å². The van der Waals surface area contributed by atoms with Gasteiger partial charge in [-0.2, -0.15) is 0 Å². The van der Waals surface area contributed by atoms with Crippen LogP contribution in [0.5, 0.6) is 11.5 Å². The lowest BCUT2D eigenvalue weighted by atomic mass is 10.1. The Hall–Kier alpha value is -2.57. The smallest absolute Gasteiger partial charge is 0.303 e. The van der Waals surface area contributed by atoms with Gasteiger partial charge in [0.25, 0.3) is 0 Å². The summed E-state index contributed by atoms with van der Waals surface area (Å²) in [4.78, 5) is 11.6. The van der Waals surface area contributed by atoms with Crippen LogP contribution in [0.15, 0.2) is 48.5 Å². The average molecular weight is 372 g/mol. The van der Waals surface area contributed by atoms with Crippen molar-refractivity contribution in [3.05, 3.63) is 59.0 Å². The zero-order chi connectivity index (χ0) is 18.4. The lowest BCUT2D eigenvalue weighted by molar-refractivity contribution is -0.136. The minimum absolute atomic E-state index is 0.127. The van der Waals surface area contributed by atoms with E-state index in [0.717, 1.165) is 32.0 Å². The molecule has 0 aliphatic heterocycles. The molecule has 0 amide bonds. The van der Waals surface area contributed by atoms with E-state index in [1.165, 1.54) is 0 Å². The molecule has 0 saturated heterocycles. The molecule has 1 heterocycles. The molecule has 6 heteroatoms.